The Balaban J connectivity index is 2.03. The number of anilines is 1. The van der Waals surface area contributed by atoms with Crippen molar-refractivity contribution >= 4 is 11.4 Å². The van der Waals surface area contributed by atoms with E-state index in [1.807, 2.05) is 18.2 Å². The van der Waals surface area contributed by atoms with Crippen molar-refractivity contribution in [2.24, 2.45) is 0 Å². The van der Waals surface area contributed by atoms with Gasteiger partial charge in [-0.1, -0.05) is 0 Å². The second kappa shape index (κ2) is 6.29. The predicted molar refractivity (Wildman–Crippen MR) is 74.2 cm³/mol. The molecule has 0 fully saturated rings. The van der Waals surface area contributed by atoms with E-state index in [4.69, 9.17) is 5.26 Å². The van der Waals surface area contributed by atoms with Gasteiger partial charge in [0, 0.05) is 31.1 Å². The molecule has 1 heterocycles. The summed E-state index contributed by atoms with van der Waals surface area (Å²) in [7, 11) is 0. The molecule has 20 heavy (non-hydrogen) atoms. The van der Waals surface area contributed by atoms with Gasteiger partial charge < -0.3 is 5.32 Å². The molecule has 6 heteroatoms. The van der Waals surface area contributed by atoms with Crippen LogP contribution in [0.15, 0.2) is 42.7 Å². The minimum atomic E-state index is -0.512. The van der Waals surface area contributed by atoms with Gasteiger partial charge in [-0.2, -0.15) is 5.26 Å². The van der Waals surface area contributed by atoms with Gasteiger partial charge in [-0.3, -0.25) is 15.1 Å². The molecule has 2 aromatic rings. The van der Waals surface area contributed by atoms with Crippen molar-refractivity contribution in [2.75, 3.05) is 11.9 Å². The van der Waals surface area contributed by atoms with Crippen molar-refractivity contribution in [2.45, 2.75) is 6.42 Å². The zero-order chi connectivity index (χ0) is 14.4. The highest BCUT2D eigenvalue weighted by Crippen LogP contribution is 2.21. The summed E-state index contributed by atoms with van der Waals surface area (Å²) in [5.41, 5.74) is 1.93. The largest absolute Gasteiger partial charge is 0.384 e. The highest BCUT2D eigenvalue weighted by atomic mass is 16.6. The number of pyridine rings is 1. The third kappa shape index (κ3) is 3.29. The normalized spacial score (nSPS) is 9.75. The molecule has 0 saturated heterocycles. The van der Waals surface area contributed by atoms with Gasteiger partial charge in [-0.05, 0) is 30.2 Å². The minimum absolute atomic E-state index is 0.0822. The van der Waals surface area contributed by atoms with Crippen molar-refractivity contribution in [3.8, 4) is 6.07 Å². The van der Waals surface area contributed by atoms with Gasteiger partial charge in [0.15, 0.2) is 0 Å². The van der Waals surface area contributed by atoms with Gasteiger partial charge in [0.05, 0.1) is 16.2 Å². The van der Waals surface area contributed by atoms with E-state index in [0.29, 0.717) is 12.2 Å². The number of non-ortho nitro benzene ring substituents is 1. The third-order valence-electron chi connectivity index (χ3n) is 2.81. The summed E-state index contributed by atoms with van der Waals surface area (Å²) >= 11 is 0. The van der Waals surface area contributed by atoms with Crippen LogP contribution in [-0.4, -0.2) is 16.5 Å². The molecule has 0 unspecified atom stereocenters. The molecule has 0 aliphatic carbocycles. The number of nitrogens with one attached hydrogen (secondary N) is 1. The molecule has 6 nitrogen and oxygen atoms in total. The van der Waals surface area contributed by atoms with Gasteiger partial charge in [0.25, 0.3) is 5.69 Å². The fourth-order valence-electron chi connectivity index (χ4n) is 1.78. The number of rotatable bonds is 5. The smallest absolute Gasteiger partial charge is 0.270 e. The first kappa shape index (κ1) is 13.5. The molecule has 0 amide bonds. The zero-order valence-electron chi connectivity index (χ0n) is 10.6. The summed E-state index contributed by atoms with van der Waals surface area (Å²) < 4.78 is 0. The summed E-state index contributed by atoms with van der Waals surface area (Å²) in [6.07, 6.45) is 4.23. The quantitative estimate of drug-likeness (QED) is 0.664. The van der Waals surface area contributed by atoms with E-state index in [-0.39, 0.29) is 11.3 Å². The molecular weight excluding hydrogens is 256 g/mol. The molecule has 0 bridgehead atoms. The molecule has 1 N–H and O–H groups in total. The van der Waals surface area contributed by atoms with Gasteiger partial charge in [-0.15, -0.1) is 0 Å². The van der Waals surface area contributed by atoms with Crippen molar-refractivity contribution < 1.29 is 4.92 Å². The summed E-state index contributed by atoms with van der Waals surface area (Å²) in [4.78, 5) is 14.1. The Bertz CT molecular complexity index is 650. The minimum Gasteiger partial charge on any atom is -0.384 e. The number of nitro groups is 1. The van der Waals surface area contributed by atoms with Gasteiger partial charge in [0.2, 0.25) is 0 Å². The first-order valence-electron chi connectivity index (χ1n) is 6.02. The Kier molecular flexibility index (Phi) is 4.24. The summed E-state index contributed by atoms with van der Waals surface area (Å²) in [5, 5.41) is 22.8. The lowest BCUT2D eigenvalue weighted by Gasteiger charge is -2.08. The molecular formula is C14H12N4O2. The highest BCUT2D eigenvalue weighted by molar-refractivity contribution is 5.61. The third-order valence-corrected chi connectivity index (χ3v) is 2.81. The van der Waals surface area contributed by atoms with Crippen LogP contribution in [0, 0.1) is 21.4 Å². The lowest BCUT2D eigenvalue weighted by molar-refractivity contribution is -0.384. The van der Waals surface area contributed by atoms with Crippen molar-refractivity contribution in [1.29, 1.82) is 5.26 Å². The maximum absolute atomic E-state index is 10.6. The van der Waals surface area contributed by atoms with Crippen LogP contribution < -0.4 is 5.32 Å². The summed E-state index contributed by atoms with van der Waals surface area (Å²) in [5.74, 6) is 0. The van der Waals surface area contributed by atoms with Crippen LogP contribution in [0.2, 0.25) is 0 Å². The fourth-order valence-corrected chi connectivity index (χ4v) is 1.78. The molecule has 1 aromatic carbocycles. The maximum atomic E-state index is 10.6. The van der Waals surface area contributed by atoms with Crippen LogP contribution in [-0.2, 0) is 6.42 Å². The van der Waals surface area contributed by atoms with E-state index in [2.05, 4.69) is 10.3 Å². The summed E-state index contributed by atoms with van der Waals surface area (Å²) in [6, 6.07) is 10.0. The number of nitro benzene ring substituents is 1. The molecule has 0 aliphatic rings. The van der Waals surface area contributed by atoms with Crippen LogP contribution in [0.3, 0.4) is 0 Å². The van der Waals surface area contributed by atoms with Crippen LogP contribution in [0.25, 0.3) is 0 Å². The van der Waals surface area contributed by atoms with E-state index in [9.17, 15) is 10.1 Å². The lowest BCUT2D eigenvalue weighted by Crippen LogP contribution is -2.06. The van der Waals surface area contributed by atoms with Crippen LogP contribution in [0.1, 0.15) is 11.1 Å². The van der Waals surface area contributed by atoms with E-state index >= 15 is 0 Å². The number of nitrogens with zero attached hydrogens (tertiary/aromatic N) is 3. The van der Waals surface area contributed by atoms with E-state index in [1.54, 1.807) is 18.5 Å². The maximum Gasteiger partial charge on any atom is 0.270 e. The van der Waals surface area contributed by atoms with Crippen LogP contribution in [0.4, 0.5) is 11.4 Å². The molecule has 0 spiro atoms. The Morgan fingerprint density at radius 3 is 2.70 bits per heavy atom. The molecule has 1 aromatic heterocycles. The van der Waals surface area contributed by atoms with Gasteiger partial charge >= 0.3 is 0 Å². The zero-order valence-corrected chi connectivity index (χ0v) is 10.6. The van der Waals surface area contributed by atoms with E-state index < -0.39 is 4.92 Å². The number of benzene rings is 1. The molecule has 0 atom stereocenters. The lowest BCUT2D eigenvalue weighted by atomic mass is 10.1. The van der Waals surface area contributed by atoms with E-state index in [0.717, 1.165) is 12.0 Å². The van der Waals surface area contributed by atoms with Crippen molar-refractivity contribution in [3.63, 3.8) is 0 Å². The van der Waals surface area contributed by atoms with Crippen LogP contribution >= 0.6 is 0 Å². The number of hydrogen-bond acceptors (Lipinski definition) is 5. The first-order chi connectivity index (χ1) is 9.70. The standard InChI is InChI=1S/C14H12N4O2/c15-10-12-9-13(18(19)20)1-2-14(12)17-8-5-11-3-6-16-7-4-11/h1-4,6-7,9,17H,5,8H2. The Hall–Kier alpha value is -2.94. The average Bonchev–Trinajstić information content (AvgIpc) is 2.48. The Morgan fingerprint density at radius 2 is 2.05 bits per heavy atom. The van der Waals surface area contributed by atoms with Gasteiger partial charge in [0.1, 0.15) is 6.07 Å². The topological polar surface area (TPSA) is 91.8 Å². The second-order valence-electron chi connectivity index (χ2n) is 4.13. The summed E-state index contributed by atoms with van der Waals surface area (Å²) in [6.45, 7) is 0.635. The Labute approximate surface area is 115 Å². The second-order valence-corrected chi connectivity index (χ2v) is 4.13. The molecule has 2 rings (SSSR count). The predicted octanol–water partition coefficient (Wildman–Crippen LogP) is 2.52. The van der Waals surface area contributed by atoms with Gasteiger partial charge in [-0.25, -0.2) is 0 Å². The first-order valence-corrected chi connectivity index (χ1v) is 6.02. The molecule has 0 radical (unpaired) electrons. The van der Waals surface area contributed by atoms with Crippen LogP contribution in [0.5, 0.6) is 0 Å². The molecule has 100 valence electrons. The SMILES string of the molecule is N#Cc1cc([N+](=O)[O-])ccc1NCCc1ccncc1. The molecule has 0 aliphatic heterocycles. The fraction of sp³-hybridized carbons (Fsp3) is 0.143. The van der Waals surface area contributed by atoms with Crippen molar-refractivity contribution in [1.82, 2.24) is 4.98 Å². The monoisotopic (exact) mass is 268 g/mol. The van der Waals surface area contributed by atoms with Crippen molar-refractivity contribution in [3.05, 3.63) is 64.0 Å². The number of aromatic nitrogens is 1. The Morgan fingerprint density at radius 1 is 1.30 bits per heavy atom. The molecule has 0 saturated carbocycles. The number of hydrogen-bond donors (Lipinski definition) is 1. The average molecular weight is 268 g/mol. The highest BCUT2D eigenvalue weighted by Gasteiger charge is 2.10. The van der Waals surface area contributed by atoms with E-state index in [1.165, 1.54) is 12.1 Å². The number of nitriles is 1.